The van der Waals surface area contributed by atoms with Gasteiger partial charge in [0.15, 0.2) is 11.3 Å². The lowest BCUT2D eigenvalue weighted by Crippen LogP contribution is -2.40. The molecule has 0 radical (unpaired) electrons. The molecule has 2 aromatic carbocycles. The molecule has 2 aliphatic rings. The Hall–Kier alpha value is -4.93. The molecule has 0 spiro atoms. The third-order valence-electron chi connectivity index (χ3n) is 9.10. The van der Waals surface area contributed by atoms with Crippen LogP contribution in [0.15, 0.2) is 82.0 Å². The Morgan fingerprint density at radius 3 is 1.70 bits per heavy atom. The number of ether oxygens (including phenoxy) is 1. The molecule has 0 aliphatic carbocycles. The van der Waals surface area contributed by atoms with E-state index >= 15 is 0 Å². The highest BCUT2D eigenvalue weighted by molar-refractivity contribution is 9.11. The molecular formula is C37H42Br2N12O2. The van der Waals surface area contributed by atoms with Gasteiger partial charge in [-0.1, -0.05) is 60.7 Å². The molecule has 4 aromatic heterocycles. The van der Waals surface area contributed by atoms with Gasteiger partial charge in [0.2, 0.25) is 0 Å². The Bertz CT molecular complexity index is 2260. The lowest BCUT2D eigenvalue weighted by Gasteiger charge is -2.24. The molecular weight excluding hydrogens is 804 g/mol. The molecule has 276 valence electrons. The summed E-state index contributed by atoms with van der Waals surface area (Å²) in [6.07, 6.45) is 4.75. The van der Waals surface area contributed by atoms with Crippen molar-refractivity contribution in [2.24, 2.45) is 5.73 Å². The molecule has 2 atom stereocenters. The summed E-state index contributed by atoms with van der Waals surface area (Å²) in [5.74, 6) is 2.76. The third kappa shape index (κ3) is 7.61. The van der Waals surface area contributed by atoms with Crippen LogP contribution >= 0.6 is 31.9 Å². The Labute approximate surface area is 323 Å². The summed E-state index contributed by atoms with van der Waals surface area (Å²) in [5.41, 5.74) is 23.7. The van der Waals surface area contributed by atoms with E-state index in [0.29, 0.717) is 23.8 Å². The minimum Gasteiger partial charge on any atom is -0.444 e. The number of anilines is 4. The number of carbonyl (C=O) groups excluding carboxylic acids is 1. The van der Waals surface area contributed by atoms with Crippen LogP contribution in [-0.4, -0.2) is 79.2 Å². The molecule has 0 saturated carbocycles. The molecule has 7 N–H and O–H groups in total. The number of carbonyl (C=O) groups is 1. The maximum Gasteiger partial charge on any atom is 0.407 e. The number of benzene rings is 2. The molecule has 0 bridgehead atoms. The molecule has 1 amide bonds. The predicted octanol–water partition coefficient (Wildman–Crippen LogP) is 6.12. The first kappa shape index (κ1) is 36.4. The topological polar surface area (TPSA) is 183 Å². The van der Waals surface area contributed by atoms with E-state index in [0.717, 1.165) is 81.0 Å². The van der Waals surface area contributed by atoms with Crippen LogP contribution in [0, 0.1) is 0 Å². The lowest BCUT2D eigenvalue weighted by molar-refractivity contribution is 0.0509. The molecule has 53 heavy (non-hydrogen) atoms. The average molecular weight is 847 g/mol. The van der Waals surface area contributed by atoms with E-state index < -0.39 is 11.7 Å². The van der Waals surface area contributed by atoms with Crippen molar-refractivity contribution in [1.82, 2.24) is 34.5 Å². The summed E-state index contributed by atoms with van der Waals surface area (Å²) in [4.78, 5) is 26.3. The van der Waals surface area contributed by atoms with E-state index in [4.69, 9.17) is 31.9 Å². The second-order valence-electron chi connectivity index (χ2n) is 14.2. The van der Waals surface area contributed by atoms with Gasteiger partial charge in [0.25, 0.3) is 0 Å². The van der Waals surface area contributed by atoms with Gasteiger partial charge in [-0.15, -0.1) is 0 Å². The lowest BCUT2D eigenvalue weighted by atomic mass is 10.1. The highest BCUT2D eigenvalue weighted by atomic mass is 79.9. The largest absolute Gasteiger partial charge is 0.444 e. The zero-order chi connectivity index (χ0) is 37.4. The summed E-state index contributed by atoms with van der Waals surface area (Å²) in [6.45, 7) is 8.59. The van der Waals surface area contributed by atoms with Crippen LogP contribution in [0.25, 0.3) is 33.5 Å². The van der Waals surface area contributed by atoms with E-state index in [9.17, 15) is 4.79 Å². The smallest absolute Gasteiger partial charge is 0.407 e. The number of hydrogen-bond donors (Lipinski definition) is 4. The summed E-state index contributed by atoms with van der Waals surface area (Å²) in [7, 11) is 0. The number of aromatic nitrogens is 6. The number of fused-ring (bicyclic) bond motifs is 2. The Kier molecular flexibility index (Phi) is 10.2. The van der Waals surface area contributed by atoms with Crippen LogP contribution in [0.5, 0.6) is 0 Å². The molecule has 2 aliphatic heterocycles. The van der Waals surface area contributed by atoms with Crippen LogP contribution in [-0.2, 0) is 4.74 Å². The second-order valence-corrected chi connectivity index (χ2v) is 15.9. The van der Waals surface area contributed by atoms with Crippen molar-refractivity contribution in [2.75, 3.05) is 47.4 Å². The van der Waals surface area contributed by atoms with Gasteiger partial charge in [0.05, 0.1) is 38.5 Å². The van der Waals surface area contributed by atoms with E-state index in [1.54, 1.807) is 21.4 Å². The maximum atomic E-state index is 12.2. The first-order valence-corrected chi connectivity index (χ1v) is 19.0. The van der Waals surface area contributed by atoms with Crippen molar-refractivity contribution in [1.29, 1.82) is 0 Å². The van der Waals surface area contributed by atoms with Crippen molar-refractivity contribution in [3.05, 3.63) is 82.0 Å². The first-order chi connectivity index (χ1) is 25.4. The van der Waals surface area contributed by atoms with Crippen molar-refractivity contribution < 1.29 is 9.53 Å². The SMILES string of the molecule is CC(C)(C)OC(=O)N[C@H]1CCN(c2nc3c(Br)cnn3c(N)c2-c2ccccc2)C1.Nc1c(-c2ccccc2)c(N2CC[C@H](N)C2)nc2c(Br)cnn12. The van der Waals surface area contributed by atoms with Crippen LogP contribution in [0.4, 0.5) is 28.1 Å². The monoisotopic (exact) mass is 844 g/mol. The first-order valence-electron chi connectivity index (χ1n) is 17.4. The second kappa shape index (κ2) is 14.8. The number of nitrogens with two attached hydrogens (primary N) is 3. The van der Waals surface area contributed by atoms with Gasteiger partial charge in [-0.2, -0.15) is 19.2 Å². The Morgan fingerprint density at radius 2 is 1.25 bits per heavy atom. The number of rotatable bonds is 5. The summed E-state index contributed by atoms with van der Waals surface area (Å²) in [5, 5.41) is 11.6. The van der Waals surface area contributed by atoms with E-state index in [2.05, 4.69) is 57.2 Å². The number of nitrogen functional groups attached to an aromatic ring is 2. The predicted molar refractivity (Wildman–Crippen MR) is 216 cm³/mol. The van der Waals surface area contributed by atoms with Gasteiger partial charge in [-0.3, -0.25) is 0 Å². The van der Waals surface area contributed by atoms with E-state index in [1.807, 2.05) is 81.4 Å². The van der Waals surface area contributed by atoms with Gasteiger partial charge in [0, 0.05) is 32.2 Å². The van der Waals surface area contributed by atoms with Crippen LogP contribution in [0.2, 0.25) is 0 Å². The average Bonchev–Trinajstić information content (AvgIpc) is 3.93. The summed E-state index contributed by atoms with van der Waals surface area (Å²) >= 11 is 7.00. The number of nitrogens with one attached hydrogen (secondary N) is 1. The van der Waals surface area contributed by atoms with Gasteiger partial charge < -0.3 is 37.1 Å². The third-order valence-corrected chi connectivity index (χ3v) is 10.2. The quantitative estimate of drug-likeness (QED) is 0.157. The molecule has 8 rings (SSSR count). The van der Waals surface area contributed by atoms with E-state index in [-0.39, 0.29) is 12.1 Å². The fourth-order valence-electron chi connectivity index (χ4n) is 6.70. The van der Waals surface area contributed by atoms with Crippen molar-refractivity contribution in [2.45, 2.75) is 51.3 Å². The minimum absolute atomic E-state index is 0.0314. The molecule has 2 saturated heterocycles. The molecule has 0 unspecified atom stereocenters. The van der Waals surface area contributed by atoms with Gasteiger partial charge in [-0.25, -0.2) is 14.8 Å². The minimum atomic E-state index is -0.530. The van der Waals surface area contributed by atoms with Crippen LogP contribution in [0.1, 0.15) is 33.6 Å². The zero-order valence-electron chi connectivity index (χ0n) is 29.7. The van der Waals surface area contributed by atoms with Crippen molar-refractivity contribution >= 4 is 72.5 Å². The highest BCUT2D eigenvalue weighted by Gasteiger charge is 2.31. The number of amides is 1. The zero-order valence-corrected chi connectivity index (χ0v) is 32.9. The fourth-order valence-corrected chi connectivity index (χ4v) is 7.39. The van der Waals surface area contributed by atoms with Gasteiger partial charge >= 0.3 is 6.09 Å². The molecule has 16 heteroatoms. The van der Waals surface area contributed by atoms with Crippen LogP contribution < -0.4 is 32.3 Å². The van der Waals surface area contributed by atoms with Crippen molar-refractivity contribution in [3.8, 4) is 22.3 Å². The molecule has 2 fully saturated rings. The highest BCUT2D eigenvalue weighted by Crippen LogP contribution is 2.39. The van der Waals surface area contributed by atoms with E-state index in [1.165, 1.54) is 0 Å². The Balaban J connectivity index is 0.000000170. The molecule has 14 nitrogen and oxygen atoms in total. The summed E-state index contributed by atoms with van der Waals surface area (Å²) in [6, 6.07) is 20.1. The van der Waals surface area contributed by atoms with Gasteiger partial charge in [0.1, 0.15) is 28.9 Å². The Morgan fingerprint density at radius 1 is 0.774 bits per heavy atom. The number of alkyl carbamates (subject to hydrolysis) is 1. The normalized spacial score (nSPS) is 17.3. The summed E-state index contributed by atoms with van der Waals surface area (Å²) < 4.78 is 10.3. The number of halogens is 2. The standard InChI is InChI=1S/C21H25BrN6O2.C16H17BrN6/c1-21(2,3)30-20(29)25-14-9-10-27(12-14)19-16(13-7-5-4-6-8-13)17(23)28-18(26-19)15(22)11-24-28;17-12-8-20-23-14(19)13(10-4-2-1-3-5-10)16(21-15(12)23)22-7-6-11(18)9-22/h4-8,11,14H,9-10,12,23H2,1-3H3,(H,25,29);1-5,8,11H,6-7,9,18-19H2/t14-;11-/m00/s1. The van der Waals surface area contributed by atoms with Crippen molar-refractivity contribution in [3.63, 3.8) is 0 Å². The molecule has 6 aromatic rings. The number of nitrogens with zero attached hydrogens (tertiary/aromatic N) is 8. The number of hydrogen-bond acceptors (Lipinski definition) is 11. The molecule has 6 heterocycles. The fraction of sp³-hybridized carbons (Fsp3) is 0.324. The maximum absolute atomic E-state index is 12.2. The van der Waals surface area contributed by atoms with Gasteiger partial charge in [-0.05, 0) is 76.6 Å². The van der Waals surface area contributed by atoms with Crippen LogP contribution in [0.3, 0.4) is 0 Å².